The highest BCUT2D eigenvalue weighted by Gasteiger charge is 2.16. The molecule has 0 heterocycles. The maximum absolute atomic E-state index is 6.49. The van der Waals surface area contributed by atoms with Crippen LogP contribution in [0.15, 0.2) is 0 Å². The van der Waals surface area contributed by atoms with Crippen molar-refractivity contribution in [1.82, 2.24) is 0 Å². The van der Waals surface area contributed by atoms with Crippen molar-refractivity contribution in [1.29, 1.82) is 0 Å². The molecule has 2 heteroatoms. The van der Waals surface area contributed by atoms with E-state index in [1.165, 1.54) is 211 Å². The van der Waals surface area contributed by atoms with Gasteiger partial charge < -0.3 is 0 Å². The van der Waals surface area contributed by atoms with E-state index < -0.39 is 6.04 Å². The Hall–Kier alpha value is 0.650. The molecule has 0 aromatic heterocycles. The summed E-state index contributed by atoms with van der Waals surface area (Å²) in [6.07, 6.45) is 47.6. The summed E-state index contributed by atoms with van der Waals surface area (Å²) in [6.45, 7) is 6.94. The van der Waals surface area contributed by atoms with Gasteiger partial charge in [0.05, 0.1) is 0 Å². The van der Waals surface area contributed by atoms with Gasteiger partial charge in [0.1, 0.15) is 0 Å². The van der Waals surface area contributed by atoms with Gasteiger partial charge >= 0.3 is 0 Å². The smallest absolute Gasteiger partial charge is 0.0235 e. The minimum Gasteiger partial charge on any atom is -0.0975 e. The Bertz CT molecular complexity index is 407. The predicted molar refractivity (Wildman–Crippen MR) is 184 cm³/mol. The Morgan fingerprint density at radius 2 is 0.421 bits per heavy atom. The summed E-state index contributed by atoms with van der Waals surface area (Å²) in [7, 11) is 0. The zero-order chi connectivity index (χ0) is 27.8. The zero-order valence-electron chi connectivity index (χ0n) is 27.2. The van der Waals surface area contributed by atoms with Crippen LogP contribution in [-0.2, 0) is 11.8 Å². The SMILES string of the molecule is CCCCCCCCCCCCP(=S)(CCCCCCCCCCCC)CCCCCCCCCCCC. The van der Waals surface area contributed by atoms with E-state index in [0.29, 0.717) is 0 Å². The molecular formula is C36H75PS. The third-order valence-electron chi connectivity index (χ3n) is 8.76. The van der Waals surface area contributed by atoms with E-state index in [9.17, 15) is 0 Å². The van der Waals surface area contributed by atoms with E-state index in [1.54, 1.807) is 0 Å². The third kappa shape index (κ3) is 29.6. The summed E-state index contributed by atoms with van der Waals surface area (Å²) in [6, 6.07) is -1.11. The highest BCUT2D eigenvalue weighted by molar-refractivity contribution is 8.14. The fraction of sp³-hybridized carbons (Fsp3) is 1.00. The summed E-state index contributed by atoms with van der Waals surface area (Å²) in [4.78, 5) is 0. The van der Waals surface area contributed by atoms with Gasteiger partial charge in [0, 0.05) is 0 Å². The van der Waals surface area contributed by atoms with Crippen LogP contribution in [0.5, 0.6) is 0 Å². The minimum atomic E-state index is -1.11. The van der Waals surface area contributed by atoms with E-state index in [2.05, 4.69) is 20.8 Å². The summed E-state index contributed by atoms with van der Waals surface area (Å²) in [5, 5.41) is 0. The van der Waals surface area contributed by atoms with E-state index >= 15 is 0 Å². The van der Waals surface area contributed by atoms with Crippen molar-refractivity contribution in [3.05, 3.63) is 0 Å². The average molecular weight is 571 g/mol. The molecule has 230 valence electrons. The maximum Gasteiger partial charge on any atom is -0.0235 e. The highest BCUT2D eigenvalue weighted by Crippen LogP contribution is 2.49. The zero-order valence-corrected chi connectivity index (χ0v) is 28.9. The average Bonchev–Trinajstić information content (AvgIpc) is 2.92. The summed E-state index contributed by atoms with van der Waals surface area (Å²) >= 11 is 6.49. The van der Waals surface area contributed by atoms with Crippen LogP contribution in [0.3, 0.4) is 0 Å². The molecule has 0 fully saturated rings. The Morgan fingerprint density at radius 3 is 0.605 bits per heavy atom. The molecule has 0 amide bonds. The van der Waals surface area contributed by atoms with Gasteiger partial charge in [-0.1, -0.05) is 206 Å². The number of hydrogen-bond donors (Lipinski definition) is 0. The number of unbranched alkanes of at least 4 members (excludes halogenated alkanes) is 27. The van der Waals surface area contributed by atoms with Crippen molar-refractivity contribution < 1.29 is 0 Å². The fourth-order valence-corrected chi connectivity index (χ4v) is 10.2. The second-order valence-electron chi connectivity index (χ2n) is 12.8. The van der Waals surface area contributed by atoms with E-state index in [-0.39, 0.29) is 0 Å². The lowest BCUT2D eigenvalue weighted by Gasteiger charge is -2.22. The van der Waals surface area contributed by atoms with Crippen molar-refractivity contribution in [2.24, 2.45) is 0 Å². The van der Waals surface area contributed by atoms with Crippen LogP contribution in [-0.4, -0.2) is 18.5 Å². The largest absolute Gasteiger partial charge is 0.0975 e. The summed E-state index contributed by atoms with van der Waals surface area (Å²) in [5.41, 5.74) is 0. The third-order valence-corrected chi connectivity index (χ3v) is 13.8. The van der Waals surface area contributed by atoms with Gasteiger partial charge in [0.15, 0.2) is 0 Å². The van der Waals surface area contributed by atoms with Crippen molar-refractivity contribution in [2.45, 2.75) is 213 Å². The van der Waals surface area contributed by atoms with Crippen LogP contribution in [0.25, 0.3) is 0 Å². The van der Waals surface area contributed by atoms with E-state index in [0.717, 1.165) is 0 Å². The fourth-order valence-electron chi connectivity index (χ4n) is 6.00. The molecule has 38 heavy (non-hydrogen) atoms. The topological polar surface area (TPSA) is 0 Å². The molecular weight excluding hydrogens is 495 g/mol. The molecule has 0 saturated heterocycles. The normalized spacial score (nSPS) is 12.0. The molecule has 0 aromatic carbocycles. The Kier molecular flexibility index (Phi) is 32.7. The van der Waals surface area contributed by atoms with Crippen LogP contribution >= 0.6 is 6.04 Å². The van der Waals surface area contributed by atoms with Crippen molar-refractivity contribution >= 4 is 17.8 Å². The Balaban J connectivity index is 4.07. The Morgan fingerprint density at radius 1 is 0.263 bits per heavy atom. The van der Waals surface area contributed by atoms with Crippen molar-refractivity contribution in [3.63, 3.8) is 0 Å². The lowest BCUT2D eigenvalue weighted by Crippen LogP contribution is -2.01. The monoisotopic (exact) mass is 571 g/mol. The first-order chi connectivity index (χ1) is 18.7. The van der Waals surface area contributed by atoms with Gasteiger partial charge in [-0.2, -0.15) is 0 Å². The summed E-state index contributed by atoms with van der Waals surface area (Å²) < 4.78 is 0. The molecule has 0 spiro atoms. The van der Waals surface area contributed by atoms with Crippen LogP contribution < -0.4 is 0 Å². The first-order valence-electron chi connectivity index (χ1n) is 18.3. The molecule has 0 atom stereocenters. The van der Waals surface area contributed by atoms with Crippen molar-refractivity contribution in [3.8, 4) is 0 Å². The molecule has 0 radical (unpaired) electrons. The molecule has 0 unspecified atom stereocenters. The molecule has 0 nitrogen and oxygen atoms in total. The molecule has 0 bridgehead atoms. The number of rotatable bonds is 33. The molecule has 0 saturated carbocycles. The van der Waals surface area contributed by atoms with E-state index in [1.807, 2.05) is 0 Å². The van der Waals surface area contributed by atoms with Gasteiger partial charge in [-0.15, -0.1) is 0 Å². The second-order valence-corrected chi connectivity index (χ2v) is 18.6. The van der Waals surface area contributed by atoms with Crippen molar-refractivity contribution in [2.75, 3.05) is 18.5 Å². The maximum atomic E-state index is 6.49. The van der Waals surface area contributed by atoms with E-state index in [4.69, 9.17) is 11.8 Å². The first-order valence-corrected chi connectivity index (χ1v) is 21.6. The van der Waals surface area contributed by atoms with Crippen LogP contribution in [0.1, 0.15) is 213 Å². The van der Waals surface area contributed by atoms with Crippen LogP contribution in [0.4, 0.5) is 0 Å². The highest BCUT2D eigenvalue weighted by atomic mass is 32.4. The molecule has 0 aliphatic carbocycles. The summed E-state index contributed by atoms with van der Waals surface area (Å²) in [5.74, 6) is 0. The minimum absolute atomic E-state index is 1.11. The van der Waals surface area contributed by atoms with Gasteiger partial charge in [-0.05, 0) is 43.8 Å². The second kappa shape index (κ2) is 32.2. The standard InChI is InChI=1S/C36H75PS/c1-4-7-10-13-16-19-22-25-28-31-34-37(38,35-32-29-26-23-20-17-14-11-8-5-2)36-33-30-27-24-21-18-15-12-9-6-3/h4-36H2,1-3H3. The van der Waals surface area contributed by atoms with Crippen LogP contribution in [0, 0.1) is 0 Å². The lowest BCUT2D eigenvalue weighted by molar-refractivity contribution is 0.560. The quantitative estimate of drug-likeness (QED) is 0.0558. The molecule has 0 N–H and O–H groups in total. The van der Waals surface area contributed by atoms with Crippen LogP contribution in [0.2, 0.25) is 0 Å². The Labute approximate surface area is 249 Å². The molecule has 0 rings (SSSR count). The number of hydrogen-bond acceptors (Lipinski definition) is 1. The van der Waals surface area contributed by atoms with Gasteiger partial charge in [0.25, 0.3) is 0 Å². The van der Waals surface area contributed by atoms with Gasteiger partial charge in [-0.3, -0.25) is 0 Å². The molecule has 0 aliphatic heterocycles. The lowest BCUT2D eigenvalue weighted by atomic mass is 10.1. The van der Waals surface area contributed by atoms with Gasteiger partial charge in [0.2, 0.25) is 0 Å². The predicted octanol–water partition coefficient (Wildman–Crippen LogP) is 14.2. The first kappa shape index (κ1) is 38.6. The van der Waals surface area contributed by atoms with Gasteiger partial charge in [-0.25, -0.2) is 0 Å². The molecule has 0 aliphatic rings. The molecule has 0 aromatic rings.